The summed E-state index contributed by atoms with van der Waals surface area (Å²) in [6.45, 7) is 0. The van der Waals surface area contributed by atoms with E-state index in [-0.39, 0.29) is 5.82 Å². The van der Waals surface area contributed by atoms with Crippen molar-refractivity contribution in [3.8, 4) is 17.1 Å². The summed E-state index contributed by atoms with van der Waals surface area (Å²) in [4.78, 5) is 4.40. The molecule has 0 bridgehead atoms. The first-order chi connectivity index (χ1) is 10.3. The smallest absolute Gasteiger partial charge is 0.227 e. The van der Waals surface area contributed by atoms with Gasteiger partial charge in [0.2, 0.25) is 5.89 Å². The molecule has 0 atom stereocenters. The average Bonchev–Trinajstić information content (AvgIpc) is 3.16. The third-order valence-electron chi connectivity index (χ3n) is 3.35. The largest absolute Gasteiger partial charge is 0.436 e. The van der Waals surface area contributed by atoms with Gasteiger partial charge in [0.15, 0.2) is 5.58 Å². The van der Waals surface area contributed by atoms with Crippen LogP contribution in [0.15, 0.2) is 71.4 Å². The molecule has 0 saturated carbocycles. The van der Waals surface area contributed by atoms with Crippen LogP contribution in [0.4, 0.5) is 4.39 Å². The van der Waals surface area contributed by atoms with E-state index in [1.807, 2.05) is 47.3 Å². The van der Waals surface area contributed by atoms with Gasteiger partial charge in [0.1, 0.15) is 11.3 Å². The van der Waals surface area contributed by atoms with Crippen LogP contribution in [0.2, 0.25) is 0 Å². The van der Waals surface area contributed by atoms with Gasteiger partial charge in [0.25, 0.3) is 0 Å². The molecule has 2 aromatic heterocycles. The summed E-state index contributed by atoms with van der Waals surface area (Å²) in [7, 11) is 0. The number of rotatable bonds is 2. The molecule has 4 rings (SSSR count). The summed E-state index contributed by atoms with van der Waals surface area (Å²) in [5, 5.41) is 0. The zero-order valence-corrected chi connectivity index (χ0v) is 11.0. The highest BCUT2D eigenvalue weighted by molar-refractivity contribution is 5.78. The Balaban J connectivity index is 1.83. The molecule has 21 heavy (non-hydrogen) atoms. The highest BCUT2D eigenvalue weighted by Crippen LogP contribution is 2.26. The molecule has 0 aliphatic rings. The number of fused-ring (bicyclic) bond motifs is 1. The summed E-state index contributed by atoms with van der Waals surface area (Å²) < 4.78 is 21.0. The molecule has 0 radical (unpaired) electrons. The lowest BCUT2D eigenvalue weighted by Crippen LogP contribution is -1.87. The Bertz CT molecular complexity index is 910. The maximum atomic E-state index is 13.3. The maximum Gasteiger partial charge on any atom is 0.227 e. The van der Waals surface area contributed by atoms with E-state index in [9.17, 15) is 4.39 Å². The maximum absolute atomic E-state index is 13.3. The van der Waals surface area contributed by atoms with Crippen LogP contribution in [0.25, 0.3) is 28.2 Å². The molecule has 0 saturated heterocycles. The molecular weight excluding hydrogens is 267 g/mol. The molecule has 2 aromatic carbocycles. The van der Waals surface area contributed by atoms with Gasteiger partial charge in [-0.05, 0) is 42.5 Å². The standard InChI is InChI=1S/C17H11FN2O/c18-13-5-3-4-12(10-13)17-19-15-7-6-14(11-16(15)21-17)20-8-1-2-9-20/h1-11H. The fraction of sp³-hybridized carbons (Fsp3) is 0. The number of oxazole rings is 1. The van der Waals surface area contributed by atoms with Crippen molar-refractivity contribution in [3.63, 3.8) is 0 Å². The Kier molecular flexibility index (Phi) is 2.60. The first-order valence-corrected chi connectivity index (χ1v) is 6.59. The minimum absolute atomic E-state index is 0.303. The van der Waals surface area contributed by atoms with Crippen LogP contribution in [0, 0.1) is 5.82 Å². The molecule has 0 aliphatic heterocycles. The summed E-state index contributed by atoms with van der Waals surface area (Å²) in [6, 6.07) is 16.0. The lowest BCUT2D eigenvalue weighted by Gasteiger charge is -2.00. The Labute approximate surface area is 120 Å². The van der Waals surface area contributed by atoms with Crippen molar-refractivity contribution < 1.29 is 8.81 Å². The van der Waals surface area contributed by atoms with Crippen molar-refractivity contribution in [1.82, 2.24) is 9.55 Å². The Morgan fingerprint density at radius 1 is 0.952 bits per heavy atom. The second-order valence-corrected chi connectivity index (χ2v) is 4.77. The molecule has 3 nitrogen and oxygen atoms in total. The van der Waals surface area contributed by atoms with E-state index in [1.165, 1.54) is 12.1 Å². The summed E-state index contributed by atoms with van der Waals surface area (Å²) in [6.07, 6.45) is 3.93. The minimum Gasteiger partial charge on any atom is -0.436 e. The van der Waals surface area contributed by atoms with Gasteiger partial charge in [-0.2, -0.15) is 0 Å². The molecule has 2 heterocycles. The molecule has 0 amide bonds. The molecule has 0 aliphatic carbocycles. The number of nitrogens with zero attached hydrogens (tertiary/aromatic N) is 2. The normalized spacial score (nSPS) is 11.1. The first-order valence-electron chi connectivity index (χ1n) is 6.59. The fourth-order valence-corrected chi connectivity index (χ4v) is 2.33. The van der Waals surface area contributed by atoms with Crippen molar-refractivity contribution in [2.45, 2.75) is 0 Å². The van der Waals surface area contributed by atoms with Gasteiger partial charge in [-0.3, -0.25) is 0 Å². The Morgan fingerprint density at radius 3 is 2.62 bits per heavy atom. The summed E-state index contributed by atoms with van der Waals surface area (Å²) in [5.74, 6) is 0.122. The molecule has 0 fully saturated rings. The molecular formula is C17H11FN2O. The highest BCUT2D eigenvalue weighted by atomic mass is 19.1. The van der Waals surface area contributed by atoms with E-state index < -0.39 is 0 Å². The monoisotopic (exact) mass is 278 g/mol. The number of hydrogen-bond donors (Lipinski definition) is 0. The summed E-state index contributed by atoms with van der Waals surface area (Å²) in [5.41, 5.74) is 3.06. The lowest BCUT2D eigenvalue weighted by molar-refractivity contribution is 0.611. The van der Waals surface area contributed by atoms with Gasteiger partial charge in [0, 0.05) is 29.7 Å². The Morgan fingerprint density at radius 2 is 1.81 bits per heavy atom. The van der Waals surface area contributed by atoms with Gasteiger partial charge < -0.3 is 8.98 Å². The van der Waals surface area contributed by atoms with E-state index >= 15 is 0 Å². The van der Waals surface area contributed by atoms with Crippen LogP contribution < -0.4 is 0 Å². The van der Waals surface area contributed by atoms with Crippen LogP contribution >= 0.6 is 0 Å². The molecule has 4 aromatic rings. The summed E-state index contributed by atoms with van der Waals surface area (Å²) >= 11 is 0. The average molecular weight is 278 g/mol. The van der Waals surface area contributed by atoms with E-state index in [1.54, 1.807) is 12.1 Å². The van der Waals surface area contributed by atoms with Crippen molar-refractivity contribution in [3.05, 3.63) is 72.8 Å². The molecule has 4 heteroatoms. The van der Waals surface area contributed by atoms with Crippen molar-refractivity contribution in [2.75, 3.05) is 0 Å². The predicted molar refractivity (Wildman–Crippen MR) is 78.7 cm³/mol. The van der Waals surface area contributed by atoms with Gasteiger partial charge in [-0.25, -0.2) is 9.37 Å². The molecule has 0 spiro atoms. The first kappa shape index (κ1) is 11.9. The van der Waals surface area contributed by atoms with Crippen LogP contribution in [-0.4, -0.2) is 9.55 Å². The van der Waals surface area contributed by atoms with Crippen LogP contribution in [0.3, 0.4) is 0 Å². The molecule has 102 valence electrons. The quantitative estimate of drug-likeness (QED) is 0.543. The van der Waals surface area contributed by atoms with Crippen LogP contribution in [0.1, 0.15) is 0 Å². The van der Waals surface area contributed by atoms with Gasteiger partial charge >= 0.3 is 0 Å². The second-order valence-electron chi connectivity index (χ2n) is 4.77. The second kappa shape index (κ2) is 4.59. The van der Waals surface area contributed by atoms with Gasteiger partial charge in [0.05, 0.1) is 0 Å². The molecule has 0 unspecified atom stereocenters. The third kappa shape index (κ3) is 2.10. The van der Waals surface area contributed by atoms with Crippen molar-refractivity contribution in [2.24, 2.45) is 0 Å². The zero-order valence-electron chi connectivity index (χ0n) is 11.0. The number of hydrogen-bond acceptors (Lipinski definition) is 2. The topological polar surface area (TPSA) is 31.0 Å². The van der Waals surface area contributed by atoms with E-state index in [4.69, 9.17) is 4.42 Å². The fourth-order valence-electron chi connectivity index (χ4n) is 2.33. The van der Waals surface area contributed by atoms with Crippen LogP contribution in [-0.2, 0) is 0 Å². The van der Waals surface area contributed by atoms with Crippen molar-refractivity contribution in [1.29, 1.82) is 0 Å². The molecule has 0 N–H and O–H groups in total. The number of benzene rings is 2. The van der Waals surface area contributed by atoms with E-state index in [0.717, 1.165) is 11.2 Å². The number of halogens is 1. The predicted octanol–water partition coefficient (Wildman–Crippen LogP) is 4.42. The lowest BCUT2D eigenvalue weighted by atomic mass is 10.2. The van der Waals surface area contributed by atoms with E-state index in [0.29, 0.717) is 17.0 Å². The Hall–Kier alpha value is -2.88. The minimum atomic E-state index is -0.303. The van der Waals surface area contributed by atoms with Crippen LogP contribution in [0.5, 0.6) is 0 Å². The van der Waals surface area contributed by atoms with Gasteiger partial charge in [-0.15, -0.1) is 0 Å². The SMILES string of the molecule is Fc1cccc(-c2nc3ccc(-n4cccc4)cc3o2)c1. The highest BCUT2D eigenvalue weighted by Gasteiger charge is 2.09. The zero-order chi connectivity index (χ0) is 14.2. The van der Waals surface area contributed by atoms with Gasteiger partial charge in [-0.1, -0.05) is 6.07 Å². The van der Waals surface area contributed by atoms with Crippen molar-refractivity contribution >= 4 is 11.1 Å². The number of aromatic nitrogens is 2. The van der Waals surface area contributed by atoms with E-state index in [2.05, 4.69) is 4.98 Å². The third-order valence-corrected chi connectivity index (χ3v) is 3.35.